The molecule has 0 unspecified atom stereocenters. The summed E-state index contributed by atoms with van der Waals surface area (Å²) in [5, 5.41) is 9.28. The quantitative estimate of drug-likeness (QED) is 0.782. The summed E-state index contributed by atoms with van der Waals surface area (Å²) in [7, 11) is 0. The first-order chi connectivity index (χ1) is 9.16. The van der Waals surface area contributed by atoms with Crippen LogP contribution in [-0.4, -0.2) is 20.6 Å². The molecule has 0 fully saturated rings. The summed E-state index contributed by atoms with van der Waals surface area (Å²) in [6, 6.07) is 8.77. The largest absolute Gasteiger partial charge is 0.478 e. The Balaban J connectivity index is 2.22. The molecule has 96 valence electrons. The molecule has 0 saturated heterocycles. The van der Waals surface area contributed by atoms with Gasteiger partial charge in [-0.25, -0.2) is 9.78 Å². The molecule has 0 radical (unpaired) electrons. The molecule has 0 atom stereocenters. The first-order valence-electron chi connectivity index (χ1n) is 5.88. The SMILES string of the molecule is Cc1nc2cccc(C(=O)O)c2n1Cc1ccco1. The Kier molecular flexibility index (Phi) is 2.59. The maximum absolute atomic E-state index is 11.3. The third kappa shape index (κ3) is 1.89. The van der Waals surface area contributed by atoms with Crippen LogP contribution in [0.2, 0.25) is 0 Å². The fourth-order valence-electron chi connectivity index (χ4n) is 2.23. The van der Waals surface area contributed by atoms with E-state index in [9.17, 15) is 9.90 Å². The number of hydrogen-bond acceptors (Lipinski definition) is 3. The van der Waals surface area contributed by atoms with Gasteiger partial charge >= 0.3 is 5.97 Å². The van der Waals surface area contributed by atoms with Crippen LogP contribution in [0.5, 0.6) is 0 Å². The number of aromatic carboxylic acids is 1. The van der Waals surface area contributed by atoms with E-state index < -0.39 is 5.97 Å². The molecule has 3 rings (SSSR count). The minimum Gasteiger partial charge on any atom is -0.478 e. The molecule has 0 bridgehead atoms. The van der Waals surface area contributed by atoms with Gasteiger partial charge in [-0.1, -0.05) is 6.07 Å². The van der Waals surface area contributed by atoms with Crippen LogP contribution >= 0.6 is 0 Å². The molecule has 5 nitrogen and oxygen atoms in total. The first kappa shape index (κ1) is 11.5. The number of benzene rings is 1. The molecule has 5 heteroatoms. The molecule has 0 aliphatic heterocycles. The lowest BCUT2D eigenvalue weighted by Crippen LogP contribution is -2.05. The van der Waals surface area contributed by atoms with Crippen molar-refractivity contribution in [1.29, 1.82) is 0 Å². The molecular formula is C14H12N2O3. The number of furan rings is 1. The molecule has 2 heterocycles. The highest BCUT2D eigenvalue weighted by Gasteiger charge is 2.16. The van der Waals surface area contributed by atoms with Crippen molar-refractivity contribution in [2.75, 3.05) is 0 Å². The second-order valence-corrected chi connectivity index (χ2v) is 4.30. The van der Waals surface area contributed by atoms with Gasteiger partial charge < -0.3 is 14.1 Å². The number of hydrogen-bond donors (Lipinski definition) is 1. The van der Waals surface area contributed by atoms with Gasteiger partial charge in [-0.15, -0.1) is 0 Å². The highest BCUT2D eigenvalue weighted by molar-refractivity contribution is 6.01. The van der Waals surface area contributed by atoms with Gasteiger partial charge in [0.15, 0.2) is 0 Å². The summed E-state index contributed by atoms with van der Waals surface area (Å²) in [5.74, 6) is 0.578. The van der Waals surface area contributed by atoms with Crippen molar-refractivity contribution >= 4 is 17.0 Å². The third-order valence-electron chi connectivity index (χ3n) is 3.08. The van der Waals surface area contributed by atoms with Crippen molar-refractivity contribution in [2.45, 2.75) is 13.5 Å². The fraction of sp³-hybridized carbons (Fsp3) is 0.143. The van der Waals surface area contributed by atoms with Gasteiger partial charge in [-0.2, -0.15) is 0 Å². The van der Waals surface area contributed by atoms with E-state index in [1.54, 1.807) is 18.4 Å². The van der Waals surface area contributed by atoms with Crippen LogP contribution < -0.4 is 0 Å². The van der Waals surface area contributed by atoms with Crippen molar-refractivity contribution in [1.82, 2.24) is 9.55 Å². The lowest BCUT2D eigenvalue weighted by Gasteiger charge is -2.06. The van der Waals surface area contributed by atoms with E-state index in [0.717, 1.165) is 11.6 Å². The molecule has 3 aromatic rings. The molecule has 0 aliphatic rings. The predicted octanol–water partition coefficient (Wildman–Crippen LogP) is 2.68. The third-order valence-corrected chi connectivity index (χ3v) is 3.08. The van der Waals surface area contributed by atoms with E-state index in [-0.39, 0.29) is 5.56 Å². The topological polar surface area (TPSA) is 68.3 Å². The zero-order valence-corrected chi connectivity index (χ0v) is 10.3. The Hall–Kier alpha value is -2.56. The minimum atomic E-state index is -0.953. The number of para-hydroxylation sites is 1. The average molecular weight is 256 g/mol. The Labute approximate surface area is 109 Å². The van der Waals surface area contributed by atoms with Crippen molar-refractivity contribution in [2.24, 2.45) is 0 Å². The number of carboxylic acid groups (broad SMARTS) is 1. The van der Waals surface area contributed by atoms with E-state index in [1.807, 2.05) is 29.7 Å². The van der Waals surface area contributed by atoms with Gasteiger partial charge in [-0.05, 0) is 31.2 Å². The van der Waals surface area contributed by atoms with Crippen molar-refractivity contribution < 1.29 is 14.3 Å². The van der Waals surface area contributed by atoms with Crippen LogP contribution in [0.1, 0.15) is 21.9 Å². The van der Waals surface area contributed by atoms with Crippen LogP contribution in [0.25, 0.3) is 11.0 Å². The smallest absolute Gasteiger partial charge is 0.337 e. The maximum atomic E-state index is 11.3. The minimum absolute atomic E-state index is 0.254. The standard InChI is InChI=1S/C14H12N2O3/c1-9-15-12-6-2-5-11(14(17)18)13(12)16(9)8-10-4-3-7-19-10/h2-7H,8H2,1H3,(H,17,18). The maximum Gasteiger partial charge on any atom is 0.337 e. The summed E-state index contributed by atoms with van der Waals surface area (Å²) in [5.41, 5.74) is 1.57. The average Bonchev–Trinajstić information content (AvgIpc) is 2.98. The molecule has 0 saturated carbocycles. The number of fused-ring (bicyclic) bond motifs is 1. The van der Waals surface area contributed by atoms with Gasteiger partial charge in [0.05, 0.1) is 29.4 Å². The van der Waals surface area contributed by atoms with Gasteiger partial charge in [0.25, 0.3) is 0 Å². The van der Waals surface area contributed by atoms with Crippen LogP contribution in [0, 0.1) is 6.92 Å². The predicted molar refractivity (Wildman–Crippen MR) is 69.2 cm³/mol. The molecule has 0 amide bonds. The molecule has 2 aromatic heterocycles. The molecule has 1 aromatic carbocycles. The monoisotopic (exact) mass is 256 g/mol. The van der Waals surface area contributed by atoms with Gasteiger partial charge in [-0.3, -0.25) is 0 Å². The van der Waals surface area contributed by atoms with E-state index in [2.05, 4.69) is 4.98 Å². The zero-order chi connectivity index (χ0) is 13.4. The first-order valence-corrected chi connectivity index (χ1v) is 5.88. The number of aryl methyl sites for hydroxylation is 1. The number of carbonyl (C=O) groups is 1. The number of imidazole rings is 1. The van der Waals surface area contributed by atoms with Crippen LogP contribution in [0.15, 0.2) is 41.0 Å². The summed E-state index contributed by atoms with van der Waals surface area (Å²) in [6.45, 7) is 2.33. The lowest BCUT2D eigenvalue weighted by atomic mass is 10.2. The zero-order valence-electron chi connectivity index (χ0n) is 10.3. The van der Waals surface area contributed by atoms with Crippen molar-refractivity contribution in [3.63, 3.8) is 0 Å². The second-order valence-electron chi connectivity index (χ2n) is 4.30. The Bertz CT molecular complexity index is 741. The number of nitrogens with zero attached hydrogens (tertiary/aromatic N) is 2. The summed E-state index contributed by atoms with van der Waals surface area (Å²) in [6.07, 6.45) is 1.60. The summed E-state index contributed by atoms with van der Waals surface area (Å²) >= 11 is 0. The number of carboxylic acids is 1. The highest BCUT2D eigenvalue weighted by atomic mass is 16.4. The van der Waals surface area contributed by atoms with Crippen LogP contribution in [0.4, 0.5) is 0 Å². The van der Waals surface area contributed by atoms with E-state index in [1.165, 1.54) is 0 Å². The number of rotatable bonds is 3. The molecule has 19 heavy (non-hydrogen) atoms. The van der Waals surface area contributed by atoms with E-state index in [4.69, 9.17) is 4.42 Å². The fourth-order valence-corrected chi connectivity index (χ4v) is 2.23. The lowest BCUT2D eigenvalue weighted by molar-refractivity contribution is 0.0698. The Morgan fingerprint density at radius 1 is 1.37 bits per heavy atom. The second kappa shape index (κ2) is 4.28. The number of aromatic nitrogens is 2. The Morgan fingerprint density at radius 3 is 2.89 bits per heavy atom. The Morgan fingerprint density at radius 2 is 2.21 bits per heavy atom. The molecule has 0 spiro atoms. The van der Waals surface area contributed by atoms with E-state index >= 15 is 0 Å². The van der Waals surface area contributed by atoms with Crippen molar-refractivity contribution in [3.8, 4) is 0 Å². The van der Waals surface area contributed by atoms with Gasteiger partial charge in [0.1, 0.15) is 11.6 Å². The summed E-state index contributed by atoms with van der Waals surface area (Å²) < 4.78 is 7.17. The van der Waals surface area contributed by atoms with Gasteiger partial charge in [0, 0.05) is 0 Å². The van der Waals surface area contributed by atoms with Gasteiger partial charge in [0.2, 0.25) is 0 Å². The van der Waals surface area contributed by atoms with E-state index in [0.29, 0.717) is 17.6 Å². The van der Waals surface area contributed by atoms with Crippen LogP contribution in [-0.2, 0) is 6.54 Å². The molecular weight excluding hydrogens is 244 g/mol. The normalized spacial score (nSPS) is 11.0. The highest BCUT2D eigenvalue weighted by Crippen LogP contribution is 2.22. The molecule has 0 aliphatic carbocycles. The summed E-state index contributed by atoms with van der Waals surface area (Å²) in [4.78, 5) is 15.7. The van der Waals surface area contributed by atoms with Crippen molar-refractivity contribution in [3.05, 3.63) is 53.7 Å². The van der Waals surface area contributed by atoms with Crippen LogP contribution in [0.3, 0.4) is 0 Å². The molecule has 1 N–H and O–H groups in total.